The molecule has 1 saturated heterocycles. The summed E-state index contributed by atoms with van der Waals surface area (Å²) in [5, 5.41) is 2.32. The van der Waals surface area contributed by atoms with Gasteiger partial charge in [-0.3, -0.25) is 14.9 Å². The van der Waals surface area contributed by atoms with Gasteiger partial charge in [0.2, 0.25) is 21.8 Å². The van der Waals surface area contributed by atoms with Crippen molar-refractivity contribution in [1.82, 2.24) is 10.0 Å². The summed E-state index contributed by atoms with van der Waals surface area (Å²) < 4.78 is 47.5. The molecule has 2 aliphatic rings. The van der Waals surface area contributed by atoms with Crippen LogP contribution in [-0.4, -0.2) is 32.6 Å². The molecule has 32 heavy (non-hydrogen) atoms. The molecule has 0 aromatic heterocycles. The van der Waals surface area contributed by atoms with Gasteiger partial charge < -0.3 is 4.74 Å². The molecule has 3 rings (SSSR count). The van der Waals surface area contributed by atoms with Gasteiger partial charge in [-0.15, -0.1) is 0 Å². The lowest BCUT2D eigenvalue weighted by molar-refractivity contribution is -0.136. The Labute approximate surface area is 188 Å². The summed E-state index contributed by atoms with van der Waals surface area (Å²) >= 11 is 0. The van der Waals surface area contributed by atoms with Gasteiger partial charge in [0.1, 0.15) is 0 Å². The third-order valence-corrected chi connectivity index (χ3v) is 7.20. The number of benzene rings is 1. The van der Waals surface area contributed by atoms with E-state index in [0.717, 1.165) is 12.8 Å². The van der Waals surface area contributed by atoms with E-state index in [1.54, 1.807) is 38.1 Å². The number of carbonyl (C=O) groups excluding carboxylic acids is 2. The zero-order chi connectivity index (χ0) is 23.4. The van der Waals surface area contributed by atoms with Crippen molar-refractivity contribution in [2.24, 2.45) is 11.8 Å². The third kappa shape index (κ3) is 7.13. The second-order valence-corrected chi connectivity index (χ2v) is 10.9. The van der Waals surface area contributed by atoms with Crippen LogP contribution in [0.25, 0.3) is 0 Å². The van der Waals surface area contributed by atoms with Crippen LogP contribution in [0.5, 0.6) is 5.75 Å². The lowest BCUT2D eigenvalue weighted by Crippen LogP contribution is -2.41. The van der Waals surface area contributed by atoms with Crippen molar-refractivity contribution in [3.63, 3.8) is 0 Å². The first-order chi connectivity index (χ1) is 15.1. The zero-order valence-electron chi connectivity index (χ0n) is 18.5. The fraction of sp³-hybridized carbons (Fsp3) is 0.565. The van der Waals surface area contributed by atoms with E-state index in [-0.39, 0.29) is 29.2 Å². The van der Waals surface area contributed by atoms with Gasteiger partial charge in [-0.25, -0.2) is 17.5 Å². The normalized spacial score (nSPS) is 19.9. The third-order valence-electron chi connectivity index (χ3n) is 5.75. The number of carbonyl (C=O) groups is 2. The summed E-state index contributed by atoms with van der Waals surface area (Å²) in [6.45, 7) is 3.90. The molecule has 176 valence electrons. The highest BCUT2D eigenvalue weighted by molar-refractivity contribution is 7.89. The summed E-state index contributed by atoms with van der Waals surface area (Å²) in [4.78, 5) is 22.9. The average molecular weight is 467 g/mol. The molecule has 1 aromatic rings. The van der Waals surface area contributed by atoms with Gasteiger partial charge in [0.15, 0.2) is 11.6 Å². The molecule has 2 fully saturated rings. The molecular weight excluding hydrogens is 435 g/mol. The van der Waals surface area contributed by atoms with E-state index >= 15 is 0 Å². The smallest absolute Gasteiger partial charge is 0.229 e. The van der Waals surface area contributed by atoms with E-state index in [9.17, 15) is 22.4 Å². The van der Waals surface area contributed by atoms with Crippen molar-refractivity contribution in [3.05, 3.63) is 41.7 Å². The van der Waals surface area contributed by atoms with E-state index < -0.39 is 21.4 Å². The highest BCUT2D eigenvalue weighted by Gasteiger charge is 2.28. The maximum Gasteiger partial charge on any atom is 0.229 e. The number of sulfonamides is 1. The Morgan fingerprint density at radius 1 is 1.22 bits per heavy atom. The molecule has 0 bridgehead atoms. The highest BCUT2D eigenvalue weighted by atomic mass is 32.2. The quantitative estimate of drug-likeness (QED) is 0.385. The molecule has 1 saturated carbocycles. The number of rotatable bonds is 11. The Balaban J connectivity index is 1.51. The molecule has 2 N–H and O–H groups in total. The van der Waals surface area contributed by atoms with Crippen LogP contribution in [0.4, 0.5) is 4.39 Å². The van der Waals surface area contributed by atoms with Crippen molar-refractivity contribution in [2.45, 2.75) is 57.9 Å². The molecule has 1 aliphatic heterocycles. The van der Waals surface area contributed by atoms with Crippen molar-refractivity contribution >= 4 is 21.8 Å². The van der Waals surface area contributed by atoms with E-state index in [0.29, 0.717) is 43.8 Å². The lowest BCUT2D eigenvalue weighted by atomic mass is 9.93. The largest absolute Gasteiger partial charge is 0.490 e. The number of nitrogens with one attached hydrogen (secondary N) is 2. The molecule has 2 amide bonds. The zero-order valence-corrected chi connectivity index (χ0v) is 19.3. The minimum Gasteiger partial charge on any atom is -0.490 e. The molecule has 7 nitrogen and oxygen atoms in total. The Kier molecular flexibility index (Phi) is 7.71. The molecule has 1 aromatic carbocycles. The number of allylic oxidation sites excluding steroid dienone is 1. The van der Waals surface area contributed by atoms with Crippen LogP contribution in [0.3, 0.4) is 0 Å². The molecule has 0 spiro atoms. The predicted molar refractivity (Wildman–Crippen MR) is 119 cm³/mol. The van der Waals surface area contributed by atoms with Crippen LogP contribution in [0, 0.1) is 17.7 Å². The fourth-order valence-electron chi connectivity index (χ4n) is 3.61. The maximum absolute atomic E-state index is 14.1. The molecule has 1 atom stereocenters. The Morgan fingerprint density at radius 3 is 2.66 bits per heavy atom. The van der Waals surface area contributed by atoms with Gasteiger partial charge in [0, 0.05) is 12.3 Å². The topological polar surface area (TPSA) is 102 Å². The highest BCUT2D eigenvalue weighted by Crippen LogP contribution is 2.32. The Hall–Kier alpha value is -2.26. The molecule has 1 heterocycles. The van der Waals surface area contributed by atoms with E-state index in [2.05, 4.69) is 10.0 Å². The second kappa shape index (κ2) is 10.1. The molecular formula is C23H31FN2O5S. The van der Waals surface area contributed by atoms with Gasteiger partial charge >= 0.3 is 0 Å². The SMILES string of the molecule is CC(C)(NS(=O)(=O)C/C=C/CCC1CCC(=O)NC1=O)c1ccc(F)c(OCC2CC2)c1. The van der Waals surface area contributed by atoms with Crippen LogP contribution in [0.2, 0.25) is 0 Å². The standard InChI is InChI=1S/C23H31FN2O5S/c1-23(2,18-10-11-19(24)20(14-18)31-15-16-7-8-16)26-32(29,30)13-5-3-4-6-17-9-12-21(27)25-22(17)28/h3,5,10-11,14,16-17,26H,4,6-9,12-13,15H2,1-2H3,(H,25,27,28)/b5-3+. The monoisotopic (exact) mass is 466 g/mol. The van der Waals surface area contributed by atoms with E-state index in [1.165, 1.54) is 6.07 Å². The first-order valence-electron chi connectivity index (χ1n) is 11.0. The number of halogens is 1. The van der Waals surface area contributed by atoms with Crippen LogP contribution in [0.15, 0.2) is 30.4 Å². The van der Waals surface area contributed by atoms with Crippen molar-refractivity contribution in [1.29, 1.82) is 0 Å². The number of hydrogen-bond donors (Lipinski definition) is 2. The lowest BCUT2D eigenvalue weighted by Gasteiger charge is -2.27. The van der Waals surface area contributed by atoms with E-state index in [4.69, 9.17) is 4.74 Å². The minimum absolute atomic E-state index is 0.134. The van der Waals surface area contributed by atoms with Crippen LogP contribution in [0.1, 0.15) is 57.9 Å². The van der Waals surface area contributed by atoms with Gasteiger partial charge in [-0.2, -0.15) is 0 Å². The van der Waals surface area contributed by atoms with Gasteiger partial charge in [-0.1, -0.05) is 18.2 Å². The van der Waals surface area contributed by atoms with Gasteiger partial charge in [0.25, 0.3) is 0 Å². The van der Waals surface area contributed by atoms with Crippen molar-refractivity contribution < 1.29 is 27.1 Å². The minimum atomic E-state index is -3.64. The predicted octanol–water partition coefficient (Wildman–Crippen LogP) is 3.16. The second-order valence-electron chi connectivity index (χ2n) is 9.10. The number of piperidine rings is 1. The maximum atomic E-state index is 14.1. The van der Waals surface area contributed by atoms with Gasteiger partial charge in [-0.05, 0) is 69.6 Å². The number of amides is 2. The fourth-order valence-corrected chi connectivity index (χ4v) is 4.98. The van der Waals surface area contributed by atoms with Crippen LogP contribution < -0.4 is 14.8 Å². The Morgan fingerprint density at radius 2 is 1.97 bits per heavy atom. The van der Waals surface area contributed by atoms with Gasteiger partial charge in [0.05, 0.1) is 17.9 Å². The Bertz CT molecular complexity index is 986. The summed E-state index contributed by atoms with van der Waals surface area (Å²) in [6.07, 6.45) is 7.44. The summed E-state index contributed by atoms with van der Waals surface area (Å²) in [7, 11) is -3.64. The average Bonchev–Trinajstić information content (AvgIpc) is 3.52. The molecule has 9 heteroatoms. The number of imide groups is 1. The molecule has 1 unspecified atom stereocenters. The summed E-state index contributed by atoms with van der Waals surface area (Å²) in [5.74, 6) is -0.790. The van der Waals surface area contributed by atoms with Crippen molar-refractivity contribution in [2.75, 3.05) is 12.4 Å². The molecule has 0 radical (unpaired) electrons. The summed E-state index contributed by atoms with van der Waals surface area (Å²) in [6, 6.07) is 4.40. The van der Waals surface area contributed by atoms with E-state index in [1.807, 2.05) is 0 Å². The summed E-state index contributed by atoms with van der Waals surface area (Å²) in [5.41, 5.74) is -0.347. The molecule has 1 aliphatic carbocycles. The first-order valence-corrected chi connectivity index (χ1v) is 12.6. The first kappa shape index (κ1) is 24.4. The number of hydrogen-bond acceptors (Lipinski definition) is 5. The van der Waals surface area contributed by atoms with Crippen LogP contribution in [-0.2, 0) is 25.2 Å². The van der Waals surface area contributed by atoms with Crippen LogP contribution >= 0.6 is 0 Å². The number of ether oxygens (including phenoxy) is 1. The van der Waals surface area contributed by atoms with Crippen molar-refractivity contribution in [3.8, 4) is 5.75 Å².